The number of hydrogen-bond donors (Lipinski definition) is 0. The Morgan fingerprint density at radius 2 is 1.36 bits per heavy atom. The van der Waals surface area contributed by atoms with Crippen molar-refractivity contribution in [3.05, 3.63) is 175 Å². The van der Waals surface area contributed by atoms with E-state index >= 15 is 0 Å². The van der Waals surface area contributed by atoms with Crippen LogP contribution >= 0.6 is 11.3 Å². The molecule has 0 N–H and O–H groups in total. The lowest BCUT2D eigenvalue weighted by Crippen LogP contribution is -2.21. The zero-order valence-electron chi connectivity index (χ0n) is 27.4. The van der Waals surface area contributed by atoms with Crippen LogP contribution in [0.1, 0.15) is 24.0 Å². The predicted octanol–water partition coefficient (Wildman–Crippen LogP) is 12.8. The maximum atomic E-state index is 5.16. The molecule has 3 nitrogen and oxygen atoms in total. The number of fused-ring (bicyclic) bond motifs is 7. The number of thiophene rings is 1. The van der Waals surface area contributed by atoms with E-state index < -0.39 is 0 Å². The van der Waals surface area contributed by atoms with E-state index in [1.807, 2.05) is 23.6 Å². The molecule has 236 valence electrons. The number of rotatable bonds is 4. The molecular formula is C46H31N3S. The second kappa shape index (κ2) is 11.5. The summed E-state index contributed by atoms with van der Waals surface area (Å²) in [5.41, 5.74) is 12.6. The van der Waals surface area contributed by atoms with Gasteiger partial charge in [0.05, 0.1) is 16.7 Å². The molecule has 4 heteroatoms. The summed E-state index contributed by atoms with van der Waals surface area (Å²) in [6, 6.07) is 54.7. The summed E-state index contributed by atoms with van der Waals surface area (Å²) >= 11 is 1.85. The molecule has 0 saturated heterocycles. The average molecular weight is 658 g/mol. The Kier molecular flexibility index (Phi) is 6.64. The SMILES string of the molecule is CC1C=C(c2ccc(-c3cccc4sc5ccc(-c6ccc7ccc8cccnc8c7n6)cc5c34)cc2)N(c2ccccc2)c2ccccc21. The van der Waals surface area contributed by atoms with Gasteiger partial charge in [-0.1, -0.05) is 116 Å². The molecule has 1 atom stereocenters. The van der Waals surface area contributed by atoms with Crippen LogP contribution in [0.25, 0.3) is 70.1 Å². The van der Waals surface area contributed by atoms with Crippen LogP contribution in [0.15, 0.2) is 164 Å². The number of aromatic nitrogens is 2. The third-order valence-electron chi connectivity index (χ3n) is 10.0. The highest BCUT2D eigenvalue weighted by Crippen LogP contribution is 2.46. The van der Waals surface area contributed by atoms with Crippen LogP contribution in [0.2, 0.25) is 0 Å². The summed E-state index contributed by atoms with van der Waals surface area (Å²) < 4.78 is 2.57. The van der Waals surface area contributed by atoms with Crippen LogP contribution in [0.3, 0.4) is 0 Å². The van der Waals surface area contributed by atoms with Gasteiger partial charge in [-0.25, -0.2) is 4.98 Å². The monoisotopic (exact) mass is 657 g/mol. The minimum atomic E-state index is 0.313. The Labute approximate surface area is 294 Å². The third kappa shape index (κ3) is 4.64. The smallest absolute Gasteiger partial charge is 0.0972 e. The first-order valence-electron chi connectivity index (χ1n) is 17.1. The highest BCUT2D eigenvalue weighted by atomic mass is 32.1. The van der Waals surface area contributed by atoms with Crippen LogP contribution in [0.5, 0.6) is 0 Å². The Balaban J connectivity index is 1.07. The summed E-state index contributed by atoms with van der Waals surface area (Å²) in [5, 5.41) is 4.75. The third-order valence-corrected chi connectivity index (χ3v) is 11.2. The number of hydrogen-bond acceptors (Lipinski definition) is 4. The van der Waals surface area contributed by atoms with Gasteiger partial charge in [-0.05, 0) is 70.8 Å². The number of pyridine rings is 2. The molecule has 50 heavy (non-hydrogen) atoms. The molecule has 0 amide bonds. The molecule has 1 aliphatic rings. The maximum absolute atomic E-state index is 5.16. The molecule has 0 aliphatic carbocycles. The molecule has 6 aromatic carbocycles. The van der Waals surface area contributed by atoms with Gasteiger partial charge in [-0.2, -0.15) is 0 Å². The maximum Gasteiger partial charge on any atom is 0.0972 e. The van der Waals surface area contributed by atoms with Crippen molar-refractivity contribution >= 4 is 70.4 Å². The zero-order valence-corrected chi connectivity index (χ0v) is 28.2. The molecule has 0 bridgehead atoms. The zero-order chi connectivity index (χ0) is 33.2. The van der Waals surface area contributed by atoms with Gasteiger partial charge in [-0.15, -0.1) is 11.3 Å². The first kappa shape index (κ1) is 28.9. The van der Waals surface area contributed by atoms with E-state index in [9.17, 15) is 0 Å². The summed E-state index contributed by atoms with van der Waals surface area (Å²) in [7, 11) is 0. The van der Waals surface area contributed by atoms with E-state index in [1.54, 1.807) is 0 Å². The van der Waals surface area contributed by atoms with Crippen molar-refractivity contribution in [3.8, 4) is 22.4 Å². The van der Waals surface area contributed by atoms with Crippen molar-refractivity contribution in [2.75, 3.05) is 4.90 Å². The van der Waals surface area contributed by atoms with Gasteiger partial charge in [0.2, 0.25) is 0 Å². The normalized spacial score (nSPS) is 14.4. The Morgan fingerprint density at radius 1 is 0.600 bits per heavy atom. The van der Waals surface area contributed by atoms with Crippen molar-refractivity contribution < 1.29 is 0 Å². The van der Waals surface area contributed by atoms with Gasteiger partial charge in [0.25, 0.3) is 0 Å². The molecule has 0 spiro atoms. The summed E-state index contributed by atoms with van der Waals surface area (Å²) in [6.07, 6.45) is 4.25. The molecule has 1 aliphatic heterocycles. The van der Waals surface area contributed by atoms with E-state index in [1.165, 1.54) is 53.8 Å². The minimum absolute atomic E-state index is 0.313. The van der Waals surface area contributed by atoms with Gasteiger partial charge in [0.15, 0.2) is 0 Å². The van der Waals surface area contributed by atoms with Crippen molar-refractivity contribution in [1.29, 1.82) is 0 Å². The molecule has 0 saturated carbocycles. The van der Waals surface area contributed by atoms with Gasteiger partial charge in [0.1, 0.15) is 0 Å². The minimum Gasteiger partial charge on any atom is -0.310 e. The standard InChI is InChI=1S/C46H31N3S/c1-29-27-41(49(35-10-3-2-4-11-35)40-14-6-5-12-36(29)40)31-18-16-30(17-19-31)37-13-7-15-43-44(37)38-28-34(23-25-42(38)50-43)39-24-22-33-21-20-32-9-8-26-47-45(32)46(33)48-39/h2-29H,1H3. The van der Waals surface area contributed by atoms with Gasteiger partial charge in [0, 0.05) is 65.7 Å². The lowest BCUT2D eigenvalue weighted by Gasteiger charge is -2.35. The highest BCUT2D eigenvalue weighted by Gasteiger charge is 2.26. The van der Waals surface area contributed by atoms with Crippen molar-refractivity contribution in [1.82, 2.24) is 9.97 Å². The van der Waals surface area contributed by atoms with Gasteiger partial charge in [-0.3, -0.25) is 4.98 Å². The molecule has 10 rings (SSSR count). The van der Waals surface area contributed by atoms with Crippen molar-refractivity contribution in [3.63, 3.8) is 0 Å². The van der Waals surface area contributed by atoms with Crippen LogP contribution in [0.4, 0.5) is 11.4 Å². The predicted molar refractivity (Wildman–Crippen MR) is 212 cm³/mol. The number of benzene rings is 6. The second-order valence-corrected chi connectivity index (χ2v) is 14.1. The lowest BCUT2D eigenvalue weighted by atomic mass is 9.90. The average Bonchev–Trinajstić information content (AvgIpc) is 3.56. The first-order chi connectivity index (χ1) is 24.7. The van der Waals surface area contributed by atoms with Crippen LogP contribution < -0.4 is 4.90 Å². The van der Waals surface area contributed by atoms with E-state index in [0.29, 0.717) is 5.92 Å². The summed E-state index contributed by atoms with van der Waals surface area (Å²) in [5.74, 6) is 0.313. The molecule has 0 fully saturated rings. The molecule has 1 unspecified atom stereocenters. The molecule has 4 heterocycles. The first-order valence-corrected chi connectivity index (χ1v) is 17.9. The lowest BCUT2D eigenvalue weighted by molar-refractivity contribution is 0.939. The van der Waals surface area contributed by atoms with Gasteiger partial charge < -0.3 is 4.90 Å². The fourth-order valence-corrected chi connectivity index (χ4v) is 8.73. The topological polar surface area (TPSA) is 29.0 Å². The van der Waals surface area contributed by atoms with Crippen LogP contribution in [0, 0.1) is 0 Å². The highest BCUT2D eigenvalue weighted by molar-refractivity contribution is 7.26. The van der Waals surface area contributed by atoms with E-state index in [-0.39, 0.29) is 0 Å². The van der Waals surface area contributed by atoms with Crippen LogP contribution in [-0.4, -0.2) is 9.97 Å². The number of para-hydroxylation sites is 2. The molecule has 3 aromatic heterocycles. The van der Waals surface area contributed by atoms with Gasteiger partial charge >= 0.3 is 0 Å². The fraction of sp³-hybridized carbons (Fsp3) is 0.0435. The van der Waals surface area contributed by atoms with E-state index in [2.05, 4.69) is 168 Å². The number of anilines is 2. The number of allylic oxidation sites excluding steroid dienone is 1. The fourth-order valence-electron chi connectivity index (χ4n) is 7.62. The Hall–Kier alpha value is -6.10. The molecule has 0 radical (unpaired) electrons. The number of nitrogens with zero attached hydrogens (tertiary/aromatic N) is 3. The van der Waals surface area contributed by atoms with Crippen molar-refractivity contribution in [2.45, 2.75) is 12.8 Å². The Morgan fingerprint density at radius 3 is 2.24 bits per heavy atom. The quantitative estimate of drug-likeness (QED) is 0.176. The largest absolute Gasteiger partial charge is 0.310 e. The second-order valence-electron chi connectivity index (χ2n) is 13.0. The summed E-state index contributed by atoms with van der Waals surface area (Å²) in [4.78, 5) is 12.2. The molecular weight excluding hydrogens is 627 g/mol. The Bertz CT molecular complexity index is 2780. The van der Waals surface area contributed by atoms with Crippen LogP contribution in [-0.2, 0) is 0 Å². The van der Waals surface area contributed by atoms with Crippen molar-refractivity contribution in [2.24, 2.45) is 0 Å². The van der Waals surface area contributed by atoms with E-state index in [4.69, 9.17) is 4.98 Å². The summed E-state index contributed by atoms with van der Waals surface area (Å²) in [6.45, 7) is 2.29. The van der Waals surface area contributed by atoms with E-state index in [0.717, 1.165) is 38.8 Å². The molecule has 9 aromatic rings.